The Labute approximate surface area is 118 Å². The van der Waals surface area contributed by atoms with E-state index in [2.05, 4.69) is 22.9 Å². The quantitative estimate of drug-likeness (QED) is 0.744. The van der Waals surface area contributed by atoms with Gasteiger partial charge in [-0.15, -0.1) is 0 Å². The fourth-order valence-electron chi connectivity index (χ4n) is 1.57. The van der Waals surface area contributed by atoms with Crippen molar-refractivity contribution in [3.63, 3.8) is 0 Å². The minimum Gasteiger partial charge on any atom is -0.491 e. The Balaban J connectivity index is 2.42. The van der Waals surface area contributed by atoms with Crippen LogP contribution in [0, 0.1) is 0 Å². The highest BCUT2D eigenvalue weighted by atomic mass is 79.9. The Morgan fingerprint density at radius 2 is 2.06 bits per heavy atom. The van der Waals surface area contributed by atoms with Gasteiger partial charge in [-0.1, -0.05) is 29.3 Å². The molecule has 1 aromatic carbocycles. The van der Waals surface area contributed by atoms with Crippen LogP contribution in [0.25, 0.3) is 0 Å². The molecule has 0 spiro atoms. The van der Waals surface area contributed by atoms with Crippen LogP contribution in [-0.2, 0) is 4.74 Å². The van der Waals surface area contributed by atoms with Crippen molar-refractivity contribution in [2.24, 2.45) is 5.73 Å². The maximum atomic E-state index is 5.92. The van der Waals surface area contributed by atoms with Crippen LogP contribution >= 0.6 is 15.9 Å². The van der Waals surface area contributed by atoms with Gasteiger partial charge in [0.25, 0.3) is 0 Å². The van der Waals surface area contributed by atoms with Crippen LogP contribution in [-0.4, -0.2) is 19.8 Å². The average Bonchev–Trinajstić information content (AvgIpc) is 2.35. The molecule has 0 radical (unpaired) electrons. The molecule has 1 aromatic rings. The van der Waals surface area contributed by atoms with E-state index in [1.54, 1.807) is 0 Å². The molecular formula is C14H22BrNO2. The van der Waals surface area contributed by atoms with E-state index >= 15 is 0 Å². The highest BCUT2D eigenvalue weighted by Crippen LogP contribution is 2.27. The summed E-state index contributed by atoms with van der Waals surface area (Å²) in [5, 5.41) is 0. The van der Waals surface area contributed by atoms with Crippen molar-refractivity contribution in [2.45, 2.75) is 32.7 Å². The molecule has 0 aliphatic heterocycles. The number of nitrogens with two attached hydrogens (primary N) is 1. The molecule has 1 atom stereocenters. The zero-order valence-electron chi connectivity index (χ0n) is 11.1. The summed E-state index contributed by atoms with van der Waals surface area (Å²) in [5.41, 5.74) is 6.93. The van der Waals surface area contributed by atoms with Gasteiger partial charge < -0.3 is 15.2 Å². The van der Waals surface area contributed by atoms with Crippen LogP contribution in [0.3, 0.4) is 0 Å². The van der Waals surface area contributed by atoms with Gasteiger partial charge in [-0.25, -0.2) is 0 Å². The molecule has 0 bridgehead atoms. The minimum absolute atomic E-state index is 0.0430. The van der Waals surface area contributed by atoms with Gasteiger partial charge in [-0.2, -0.15) is 0 Å². The van der Waals surface area contributed by atoms with Crippen molar-refractivity contribution in [2.75, 3.05) is 19.8 Å². The van der Waals surface area contributed by atoms with Crippen LogP contribution in [0.5, 0.6) is 5.75 Å². The summed E-state index contributed by atoms with van der Waals surface area (Å²) in [7, 11) is 0. The number of unbranched alkanes of at least 4 members (excludes halogenated alkanes) is 1. The summed E-state index contributed by atoms with van der Waals surface area (Å²) in [6.07, 6.45) is 2.26. The molecule has 0 heterocycles. The van der Waals surface area contributed by atoms with Gasteiger partial charge in [-0.3, -0.25) is 0 Å². The third kappa shape index (κ3) is 5.38. The van der Waals surface area contributed by atoms with Gasteiger partial charge in [-0.05, 0) is 31.5 Å². The van der Waals surface area contributed by atoms with Crippen molar-refractivity contribution in [1.29, 1.82) is 0 Å². The lowest BCUT2D eigenvalue weighted by Gasteiger charge is -2.14. The predicted molar refractivity (Wildman–Crippen MR) is 78.0 cm³/mol. The Morgan fingerprint density at radius 1 is 1.28 bits per heavy atom. The molecule has 0 amide bonds. The Morgan fingerprint density at radius 3 is 2.72 bits per heavy atom. The molecule has 1 unspecified atom stereocenters. The lowest BCUT2D eigenvalue weighted by molar-refractivity contribution is 0.0976. The topological polar surface area (TPSA) is 44.5 Å². The first-order chi connectivity index (χ1) is 8.65. The summed E-state index contributed by atoms with van der Waals surface area (Å²) in [4.78, 5) is 0. The van der Waals surface area contributed by atoms with Gasteiger partial charge in [0.05, 0.1) is 6.61 Å². The van der Waals surface area contributed by atoms with Gasteiger partial charge in [0.15, 0.2) is 0 Å². The summed E-state index contributed by atoms with van der Waals surface area (Å²) in [5.74, 6) is 0.840. The first-order valence-electron chi connectivity index (χ1n) is 6.40. The van der Waals surface area contributed by atoms with Crippen LogP contribution in [0.4, 0.5) is 0 Å². The molecule has 18 heavy (non-hydrogen) atoms. The smallest absolute Gasteiger partial charge is 0.124 e. The van der Waals surface area contributed by atoms with Crippen molar-refractivity contribution in [3.8, 4) is 5.75 Å². The molecule has 2 N–H and O–H groups in total. The molecule has 0 aliphatic rings. The summed E-state index contributed by atoms with van der Waals surface area (Å²) >= 11 is 3.44. The lowest BCUT2D eigenvalue weighted by Crippen LogP contribution is -2.11. The number of halogens is 1. The van der Waals surface area contributed by atoms with Crippen LogP contribution in [0.15, 0.2) is 22.7 Å². The molecule has 0 fully saturated rings. The molecule has 102 valence electrons. The summed E-state index contributed by atoms with van der Waals surface area (Å²) in [6.45, 7) is 6.09. The minimum atomic E-state index is -0.0430. The third-order valence-electron chi connectivity index (χ3n) is 2.59. The van der Waals surface area contributed by atoms with Gasteiger partial charge in [0.1, 0.15) is 12.4 Å². The highest BCUT2D eigenvalue weighted by Gasteiger charge is 2.08. The SMILES string of the molecule is CCCCOCCOc1ccc(Br)cc1C(C)N. The largest absolute Gasteiger partial charge is 0.491 e. The Kier molecular flexibility index (Phi) is 7.32. The Bertz CT molecular complexity index is 356. The summed E-state index contributed by atoms with van der Waals surface area (Å²) < 4.78 is 12.2. The molecule has 4 heteroatoms. The van der Waals surface area contributed by atoms with Crippen LogP contribution in [0.2, 0.25) is 0 Å². The first-order valence-corrected chi connectivity index (χ1v) is 7.20. The van der Waals surface area contributed by atoms with E-state index in [1.165, 1.54) is 0 Å². The number of rotatable bonds is 8. The third-order valence-corrected chi connectivity index (χ3v) is 3.08. The van der Waals surface area contributed by atoms with Crippen molar-refractivity contribution in [1.82, 2.24) is 0 Å². The Hall–Kier alpha value is -0.580. The van der Waals surface area contributed by atoms with E-state index in [9.17, 15) is 0 Å². The zero-order valence-corrected chi connectivity index (χ0v) is 12.7. The van der Waals surface area contributed by atoms with E-state index < -0.39 is 0 Å². The fourth-order valence-corrected chi connectivity index (χ4v) is 1.94. The van der Waals surface area contributed by atoms with Crippen LogP contribution in [0.1, 0.15) is 38.3 Å². The zero-order chi connectivity index (χ0) is 13.4. The molecule has 0 aliphatic carbocycles. The molecule has 0 saturated carbocycles. The van der Waals surface area contributed by atoms with Gasteiger partial charge in [0.2, 0.25) is 0 Å². The average molecular weight is 316 g/mol. The fraction of sp³-hybridized carbons (Fsp3) is 0.571. The van der Waals surface area contributed by atoms with Crippen molar-refractivity contribution < 1.29 is 9.47 Å². The van der Waals surface area contributed by atoms with Gasteiger partial charge in [0, 0.05) is 22.7 Å². The maximum absolute atomic E-state index is 5.92. The van der Waals surface area contributed by atoms with E-state index in [4.69, 9.17) is 15.2 Å². The van der Waals surface area contributed by atoms with Crippen molar-refractivity contribution >= 4 is 15.9 Å². The molecule has 0 aromatic heterocycles. The second-order valence-corrected chi connectivity index (χ2v) is 5.20. The monoisotopic (exact) mass is 315 g/mol. The van der Waals surface area contributed by atoms with Crippen LogP contribution < -0.4 is 10.5 Å². The molecular weight excluding hydrogens is 294 g/mol. The second kappa shape index (κ2) is 8.51. The summed E-state index contributed by atoms with van der Waals surface area (Å²) in [6, 6.07) is 5.85. The highest BCUT2D eigenvalue weighted by molar-refractivity contribution is 9.10. The first kappa shape index (κ1) is 15.5. The molecule has 0 saturated heterocycles. The number of hydrogen-bond acceptors (Lipinski definition) is 3. The van der Waals surface area contributed by atoms with E-state index in [0.717, 1.165) is 35.2 Å². The lowest BCUT2D eigenvalue weighted by atomic mass is 10.1. The van der Waals surface area contributed by atoms with E-state index in [0.29, 0.717) is 13.2 Å². The van der Waals surface area contributed by atoms with Gasteiger partial charge >= 0.3 is 0 Å². The number of benzene rings is 1. The standard InChI is InChI=1S/C14H22BrNO2/c1-3-4-7-17-8-9-18-14-6-5-12(15)10-13(14)11(2)16/h5-6,10-11H,3-4,7-9,16H2,1-2H3. The molecule has 1 rings (SSSR count). The second-order valence-electron chi connectivity index (χ2n) is 4.29. The van der Waals surface area contributed by atoms with Crippen molar-refractivity contribution in [3.05, 3.63) is 28.2 Å². The number of hydrogen-bond donors (Lipinski definition) is 1. The number of ether oxygens (including phenoxy) is 2. The normalized spacial score (nSPS) is 12.4. The van der Waals surface area contributed by atoms with E-state index in [1.807, 2.05) is 25.1 Å². The molecule has 3 nitrogen and oxygen atoms in total. The van der Waals surface area contributed by atoms with E-state index in [-0.39, 0.29) is 6.04 Å². The maximum Gasteiger partial charge on any atom is 0.124 e. The predicted octanol–water partition coefficient (Wildman–Crippen LogP) is 3.66.